The molecular weight excluding hydrogens is 456 g/mol. The van der Waals surface area contributed by atoms with Crippen LogP contribution in [-0.2, 0) is 16.1 Å². The van der Waals surface area contributed by atoms with Crippen molar-refractivity contribution in [1.82, 2.24) is 14.0 Å². The van der Waals surface area contributed by atoms with Crippen molar-refractivity contribution in [2.24, 2.45) is 10.9 Å². The van der Waals surface area contributed by atoms with Crippen molar-refractivity contribution < 1.29 is 14.3 Å². The van der Waals surface area contributed by atoms with Crippen LogP contribution in [0.5, 0.6) is 0 Å². The molecular formula is C28H28N4O4. The molecule has 36 heavy (non-hydrogen) atoms. The number of pyridine rings is 2. The molecule has 1 saturated carbocycles. The number of nitrogens with zero attached hydrogens (tertiary/aromatic N) is 4. The van der Waals surface area contributed by atoms with Crippen LogP contribution in [0.4, 0.5) is 0 Å². The Morgan fingerprint density at radius 3 is 2.56 bits per heavy atom. The van der Waals surface area contributed by atoms with Crippen molar-refractivity contribution in [3.8, 4) is 0 Å². The molecule has 1 fully saturated rings. The normalized spacial score (nSPS) is 14.9. The summed E-state index contributed by atoms with van der Waals surface area (Å²) in [6.07, 6.45) is 6.30. The first-order valence-electron chi connectivity index (χ1n) is 12.4. The van der Waals surface area contributed by atoms with Gasteiger partial charge in [-0.25, -0.2) is 9.78 Å². The number of hydrogen-bond donors (Lipinski definition) is 0. The predicted molar refractivity (Wildman–Crippen MR) is 136 cm³/mol. The van der Waals surface area contributed by atoms with Crippen LogP contribution in [0.1, 0.15) is 54.9 Å². The third-order valence-electron chi connectivity index (χ3n) is 6.64. The molecule has 0 bridgehead atoms. The molecule has 0 unspecified atom stereocenters. The molecule has 3 heterocycles. The molecule has 1 aliphatic carbocycles. The van der Waals surface area contributed by atoms with Gasteiger partial charge in [-0.2, -0.15) is 4.99 Å². The highest BCUT2D eigenvalue weighted by atomic mass is 16.5. The number of carbonyl (C=O) groups is 2. The van der Waals surface area contributed by atoms with Gasteiger partial charge in [-0.3, -0.25) is 14.0 Å². The van der Waals surface area contributed by atoms with Crippen molar-refractivity contribution in [3.63, 3.8) is 0 Å². The number of amides is 1. The highest BCUT2D eigenvalue weighted by molar-refractivity contribution is 5.94. The number of hydrogen-bond acceptors (Lipinski definition) is 5. The van der Waals surface area contributed by atoms with E-state index in [-0.39, 0.29) is 47.0 Å². The average Bonchev–Trinajstić information content (AvgIpc) is 2.91. The van der Waals surface area contributed by atoms with E-state index in [1.54, 1.807) is 35.9 Å². The summed E-state index contributed by atoms with van der Waals surface area (Å²) in [6.45, 7) is 2.14. The molecule has 1 aliphatic rings. The van der Waals surface area contributed by atoms with Gasteiger partial charge < -0.3 is 9.30 Å². The van der Waals surface area contributed by atoms with Gasteiger partial charge in [0.2, 0.25) is 0 Å². The lowest BCUT2D eigenvalue weighted by Crippen LogP contribution is -2.34. The molecule has 184 valence electrons. The zero-order chi connectivity index (χ0) is 25.1. The fourth-order valence-electron chi connectivity index (χ4n) is 4.82. The summed E-state index contributed by atoms with van der Waals surface area (Å²) in [6, 6.07) is 16.4. The second-order valence-corrected chi connectivity index (χ2v) is 9.04. The quantitative estimate of drug-likeness (QED) is 0.316. The number of carbonyl (C=O) groups excluding carboxylic acids is 2. The van der Waals surface area contributed by atoms with Crippen molar-refractivity contribution >= 4 is 28.6 Å². The molecule has 0 N–H and O–H groups in total. The van der Waals surface area contributed by atoms with E-state index < -0.39 is 5.97 Å². The Morgan fingerprint density at radius 2 is 1.81 bits per heavy atom. The van der Waals surface area contributed by atoms with Crippen molar-refractivity contribution in [3.05, 3.63) is 87.8 Å². The van der Waals surface area contributed by atoms with E-state index in [1.807, 2.05) is 30.3 Å². The number of rotatable bonds is 5. The molecule has 1 aromatic carbocycles. The SMILES string of the molecule is CCOC(=O)c1cc2c(=O)n3ccccc3nc2n(Cc2ccccc2)c1=NC(=O)C1CCCCC1. The largest absolute Gasteiger partial charge is 0.462 e. The van der Waals surface area contributed by atoms with Crippen LogP contribution in [0.3, 0.4) is 0 Å². The molecule has 8 heteroatoms. The van der Waals surface area contributed by atoms with Gasteiger partial charge in [0.1, 0.15) is 16.9 Å². The zero-order valence-electron chi connectivity index (χ0n) is 20.2. The summed E-state index contributed by atoms with van der Waals surface area (Å²) in [5.41, 5.74) is 1.69. The van der Waals surface area contributed by atoms with Crippen molar-refractivity contribution in [2.75, 3.05) is 6.61 Å². The van der Waals surface area contributed by atoms with E-state index in [2.05, 4.69) is 4.99 Å². The van der Waals surface area contributed by atoms with Crippen molar-refractivity contribution in [1.29, 1.82) is 0 Å². The Bertz CT molecular complexity index is 1560. The molecule has 0 radical (unpaired) electrons. The third-order valence-corrected chi connectivity index (χ3v) is 6.64. The smallest absolute Gasteiger partial charge is 0.341 e. The molecule has 8 nitrogen and oxygen atoms in total. The Hall–Kier alpha value is -4.07. The third kappa shape index (κ3) is 4.58. The summed E-state index contributed by atoms with van der Waals surface area (Å²) in [5.74, 6) is -1.06. The Kier molecular flexibility index (Phi) is 6.75. The number of benzene rings is 1. The second-order valence-electron chi connectivity index (χ2n) is 9.04. The first-order chi connectivity index (χ1) is 17.6. The first kappa shape index (κ1) is 23.7. The van der Waals surface area contributed by atoms with Crippen LogP contribution in [0.2, 0.25) is 0 Å². The van der Waals surface area contributed by atoms with E-state index in [9.17, 15) is 14.4 Å². The standard InChI is InChI=1S/C28H28N4O4/c1-2-36-28(35)22-17-21-24(29-23-15-9-10-16-31(23)27(21)34)32(18-19-11-5-3-6-12-19)25(22)30-26(33)20-13-7-4-8-14-20/h3,5-6,9-12,15-17,20H,2,4,7-8,13-14,18H2,1H3. The van der Waals surface area contributed by atoms with E-state index in [0.717, 1.165) is 37.7 Å². The molecule has 0 aliphatic heterocycles. The van der Waals surface area contributed by atoms with Crippen LogP contribution in [0, 0.1) is 5.92 Å². The summed E-state index contributed by atoms with van der Waals surface area (Å²) in [7, 11) is 0. The number of ether oxygens (including phenoxy) is 1. The lowest BCUT2D eigenvalue weighted by atomic mass is 9.89. The van der Waals surface area contributed by atoms with Gasteiger partial charge in [-0.1, -0.05) is 55.7 Å². The number of fused-ring (bicyclic) bond motifs is 2. The van der Waals surface area contributed by atoms with Gasteiger partial charge in [0.15, 0.2) is 5.49 Å². The van der Waals surface area contributed by atoms with E-state index in [1.165, 1.54) is 10.5 Å². The highest BCUT2D eigenvalue weighted by Crippen LogP contribution is 2.24. The minimum Gasteiger partial charge on any atom is -0.462 e. The molecule has 0 atom stereocenters. The maximum atomic E-state index is 13.5. The molecule has 4 aromatic rings. The van der Waals surface area contributed by atoms with Gasteiger partial charge in [0.25, 0.3) is 11.5 Å². The minimum absolute atomic E-state index is 0.0826. The minimum atomic E-state index is -0.631. The fourth-order valence-corrected chi connectivity index (χ4v) is 4.82. The number of esters is 1. The average molecular weight is 485 g/mol. The van der Waals surface area contributed by atoms with Crippen LogP contribution in [0.15, 0.2) is 70.6 Å². The Morgan fingerprint density at radius 1 is 1.06 bits per heavy atom. The van der Waals surface area contributed by atoms with Crippen LogP contribution in [0.25, 0.3) is 16.7 Å². The topological polar surface area (TPSA) is 95.0 Å². The molecule has 1 amide bonds. The lowest BCUT2D eigenvalue weighted by Gasteiger charge is -2.19. The van der Waals surface area contributed by atoms with E-state index >= 15 is 0 Å². The first-order valence-corrected chi connectivity index (χ1v) is 12.4. The molecule has 0 saturated heterocycles. The maximum Gasteiger partial charge on any atom is 0.341 e. The maximum absolute atomic E-state index is 13.5. The van der Waals surface area contributed by atoms with Gasteiger partial charge in [-0.05, 0) is 43.5 Å². The molecule has 3 aromatic heterocycles. The van der Waals surface area contributed by atoms with Crippen LogP contribution in [-0.4, -0.2) is 32.4 Å². The van der Waals surface area contributed by atoms with Crippen LogP contribution < -0.4 is 11.0 Å². The zero-order valence-corrected chi connectivity index (χ0v) is 20.2. The van der Waals surface area contributed by atoms with E-state index in [0.29, 0.717) is 11.3 Å². The van der Waals surface area contributed by atoms with Gasteiger partial charge in [0.05, 0.1) is 18.5 Å². The molecule has 0 spiro atoms. The van der Waals surface area contributed by atoms with Crippen molar-refractivity contribution in [2.45, 2.75) is 45.6 Å². The van der Waals surface area contributed by atoms with Gasteiger partial charge in [-0.15, -0.1) is 0 Å². The summed E-state index contributed by atoms with van der Waals surface area (Å²) < 4.78 is 8.46. The summed E-state index contributed by atoms with van der Waals surface area (Å²) in [5, 5.41) is 0.252. The summed E-state index contributed by atoms with van der Waals surface area (Å²) in [4.78, 5) is 49.2. The van der Waals surface area contributed by atoms with Gasteiger partial charge in [0, 0.05) is 12.1 Å². The van der Waals surface area contributed by atoms with Gasteiger partial charge >= 0.3 is 5.97 Å². The lowest BCUT2D eigenvalue weighted by molar-refractivity contribution is -0.122. The highest BCUT2D eigenvalue weighted by Gasteiger charge is 2.24. The monoisotopic (exact) mass is 484 g/mol. The fraction of sp³-hybridized carbons (Fsp3) is 0.321. The molecule has 5 rings (SSSR count). The van der Waals surface area contributed by atoms with Crippen LogP contribution >= 0.6 is 0 Å². The van der Waals surface area contributed by atoms with E-state index in [4.69, 9.17) is 9.72 Å². The number of aromatic nitrogens is 3. The second kappa shape index (κ2) is 10.3. The predicted octanol–water partition coefficient (Wildman–Crippen LogP) is 3.88. The summed E-state index contributed by atoms with van der Waals surface area (Å²) >= 11 is 0. The Balaban J connectivity index is 1.85. The Labute approximate surface area is 207 Å².